The minimum atomic E-state index is 0.723. The molecular weight excluding hydrogens is 426 g/mol. The van der Waals surface area contributed by atoms with Crippen molar-refractivity contribution in [3.63, 3.8) is 0 Å². The van der Waals surface area contributed by atoms with Crippen molar-refractivity contribution in [3.05, 3.63) is 88.0 Å². The lowest BCUT2D eigenvalue weighted by molar-refractivity contribution is 0.245. The first-order chi connectivity index (χ1) is 15.2. The second-order valence-electron chi connectivity index (χ2n) is 7.63. The summed E-state index contributed by atoms with van der Waals surface area (Å²) in [4.78, 5) is 14.5. The first-order valence-electron chi connectivity index (χ1n) is 10.2. The summed E-state index contributed by atoms with van der Waals surface area (Å²) >= 11 is 7.84. The van der Waals surface area contributed by atoms with Crippen molar-refractivity contribution in [2.75, 3.05) is 13.7 Å². The number of ether oxygens (including phenoxy) is 1. The topological polar surface area (TPSA) is 38.2 Å². The van der Waals surface area contributed by atoms with E-state index in [0.29, 0.717) is 0 Å². The summed E-state index contributed by atoms with van der Waals surface area (Å²) < 4.78 is 5.36. The summed E-state index contributed by atoms with van der Waals surface area (Å²) in [5, 5.41) is 0.723. The second kappa shape index (κ2) is 8.79. The molecule has 0 spiro atoms. The fourth-order valence-electron chi connectivity index (χ4n) is 3.86. The van der Waals surface area contributed by atoms with Crippen LogP contribution in [0.1, 0.15) is 16.1 Å². The van der Waals surface area contributed by atoms with E-state index in [-0.39, 0.29) is 0 Å². The van der Waals surface area contributed by atoms with Crippen molar-refractivity contribution < 1.29 is 4.74 Å². The molecule has 0 atom stereocenters. The van der Waals surface area contributed by atoms with Gasteiger partial charge in [-0.2, -0.15) is 0 Å². The number of thiophene rings is 1. The fraction of sp³-hybridized carbons (Fsp3) is 0.200. The van der Waals surface area contributed by atoms with E-state index in [9.17, 15) is 0 Å². The first-order valence-corrected chi connectivity index (χ1v) is 11.4. The van der Waals surface area contributed by atoms with Gasteiger partial charge in [-0.15, -0.1) is 11.3 Å². The SMILES string of the molecule is COc1cccc(-c2ccc(CN3CCc4nc(-c5ccc(Cl)cc5)ncc4C3)s2)c1. The Bertz CT molecular complexity index is 1210. The monoisotopic (exact) mass is 447 g/mol. The smallest absolute Gasteiger partial charge is 0.159 e. The van der Waals surface area contributed by atoms with Gasteiger partial charge >= 0.3 is 0 Å². The average molecular weight is 448 g/mol. The number of nitrogens with zero attached hydrogens (tertiary/aromatic N) is 3. The van der Waals surface area contributed by atoms with Crippen LogP contribution in [0.15, 0.2) is 66.9 Å². The zero-order chi connectivity index (χ0) is 21.2. The Labute approximate surface area is 191 Å². The third-order valence-electron chi connectivity index (χ3n) is 5.51. The molecule has 0 N–H and O–H groups in total. The summed E-state index contributed by atoms with van der Waals surface area (Å²) in [6.07, 6.45) is 2.92. The minimum absolute atomic E-state index is 0.723. The molecule has 0 amide bonds. The quantitative estimate of drug-likeness (QED) is 0.371. The molecule has 31 heavy (non-hydrogen) atoms. The Balaban J connectivity index is 1.28. The van der Waals surface area contributed by atoms with E-state index in [1.807, 2.05) is 53.9 Å². The van der Waals surface area contributed by atoms with Gasteiger partial charge in [-0.1, -0.05) is 23.7 Å². The van der Waals surface area contributed by atoms with Crippen molar-refractivity contribution in [1.82, 2.24) is 14.9 Å². The zero-order valence-corrected chi connectivity index (χ0v) is 18.8. The van der Waals surface area contributed by atoms with E-state index in [2.05, 4.69) is 34.1 Å². The molecule has 3 heterocycles. The van der Waals surface area contributed by atoms with Crippen molar-refractivity contribution >= 4 is 22.9 Å². The molecular formula is C25H22ClN3OS. The average Bonchev–Trinajstić information content (AvgIpc) is 3.28. The van der Waals surface area contributed by atoms with Crippen LogP contribution < -0.4 is 4.74 Å². The number of hydrogen-bond acceptors (Lipinski definition) is 5. The Morgan fingerprint density at radius 1 is 1.06 bits per heavy atom. The molecule has 0 radical (unpaired) electrons. The lowest BCUT2D eigenvalue weighted by Crippen LogP contribution is -2.30. The van der Waals surface area contributed by atoms with Crippen LogP contribution in [0.4, 0.5) is 0 Å². The van der Waals surface area contributed by atoms with Gasteiger partial charge in [0.2, 0.25) is 0 Å². The van der Waals surface area contributed by atoms with Gasteiger partial charge in [-0.25, -0.2) is 9.97 Å². The van der Waals surface area contributed by atoms with Crippen molar-refractivity contribution in [2.45, 2.75) is 19.5 Å². The van der Waals surface area contributed by atoms with Crippen LogP contribution >= 0.6 is 22.9 Å². The number of methoxy groups -OCH3 is 1. The molecule has 1 aliphatic heterocycles. The molecule has 0 fully saturated rings. The molecule has 2 aromatic carbocycles. The number of fused-ring (bicyclic) bond motifs is 1. The number of aromatic nitrogens is 2. The molecule has 0 unspecified atom stereocenters. The maximum Gasteiger partial charge on any atom is 0.159 e. The van der Waals surface area contributed by atoms with Crippen LogP contribution in [-0.4, -0.2) is 28.5 Å². The van der Waals surface area contributed by atoms with Crippen LogP contribution in [0.5, 0.6) is 5.75 Å². The van der Waals surface area contributed by atoms with Gasteiger partial charge in [0.05, 0.1) is 12.8 Å². The van der Waals surface area contributed by atoms with Crippen LogP contribution in [0.3, 0.4) is 0 Å². The summed E-state index contributed by atoms with van der Waals surface area (Å²) in [5.74, 6) is 1.66. The van der Waals surface area contributed by atoms with E-state index in [4.69, 9.17) is 21.3 Å². The van der Waals surface area contributed by atoms with Gasteiger partial charge < -0.3 is 4.74 Å². The molecule has 1 aliphatic rings. The van der Waals surface area contributed by atoms with Crippen molar-refractivity contribution in [3.8, 4) is 27.6 Å². The summed E-state index contributed by atoms with van der Waals surface area (Å²) in [6, 6.07) is 20.4. The molecule has 0 aliphatic carbocycles. The molecule has 156 valence electrons. The highest BCUT2D eigenvalue weighted by Gasteiger charge is 2.19. The van der Waals surface area contributed by atoms with Gasteiger partial charge in [-0.05, 0) is 54.1 Å². The molecule has 5 rings (SSSR count). The number of benzene rings is 2. The molecule has 4 aromatic rings. The number of halogens is 1. The predicted octanol–water partition coefficient (Wildman–Crippen LogP) is 6.09. The van der Waals surface area contributed by atoms with Gasteiger partial charge in [0.25, 0.3) is 0 Å². The lowest BCUT2D eigenvalue weighted by Gasteiger charge is -2.27. The number of rotatable bonds is 5. The van der Waals surface area contributed by atoms with E-state index in [0.717, 1.165) is 53.9 Å². The fourth-order valence-corrected chi connectivity index (χ4v) is 5.03. The highest BCUT2D eigenvalue weighted by molar-refractivity contribution is 7.15. The van der Waals surface area contributed by atoms with Gasteiger partial charge in [-0.3, -0.25) is 4.90 Å². The number of hydrogen-bond donors (Lipinski definition) is 0. The normalized spacial score (nSPS) is 13.7. The van der Waals surface area contributed by atoms with E-state index in [1.54, 1.807) is 7.11 Å². The molecule has 2 aromatic heterocycles. The second-order valence-corrected chi connectivity index (χ2v) is 9.24. The van der Waals surface area contributed by atoms with Crippen LogP contribution in [-0.2, 0) is 19.5 Å². The zero-order valence-electron chi connectivity index (χ0n) is 17.2. The Hall–Kier alpha value is -2.73. The first kappa shape index (κ1) is 20.2. The lowest BCUT2D eigenvalue weighted by atomic mass is 10.1. The standard InChI is InChI=1S/C25H22ClN3OS/c1-30-21-4-2-3-18(13-21)24-10-9-22(31-24)16-29-12-11-23-19(15-29)14-27-25(28-23)17-5-7-20(26)8-6-17/h2-10,13-14H,11-12,15-16H2,1H3. The molecule has 0 bridgehead atoms. The summed E-state index contributed by atoms with van der Waals surface area (Å²) in [7, 11) is 1.70. The molecule has 0 saturated carbocycles. The van der Waals surface area contributed by atoms with E-state index in [1.165, 1.54) is 20.9 Å². The van der Waals surface area contributed by atoms with Crippen molar-refractivity contribution in [1.29, 1.82) is 0 Å². The Kier molecular flexibility index (Phi) is 5.72. The van der Waals surface area contributed by atoms with Crippen LogP contribution in [0.2, 0.25) is 5.02 Å². The van der Waals surface area contributed by atoms with Gasteiger partial charge in [0.1, 0.15) is 5.75 Å². The molecule has 6 heteroatoms. The Morgan fingerprint density at radius 3 is 2.77 bits per heavy atom. The van der Waals surface area contributed by atoms with Gasteiger partial charge in [0.15, 0.2) is 5.82 Å². The highest BCUT2D eigenvalue weighted by Crippen LogP contribution is 2.32. The van der Waals surface area contributed by atoms with E-state index < -0.39 is 0 Å². The van der Waals surface area contributed by atoms with Crippen LogP contribution in [0, 0.1) is 0 Å². The third kappa shape index (κ3) is 4.49. The van der Waals surface area contributed by atoms with Crippen molar-refractivity contribution in [2.24, 2.45) is 0 Å². The minimum Gasteiger partial charge on any atom is -0.497 e. The maximum atomic E-state index is 6.00. The summed E-state index contributed by atoms with van der Waals surface area (Å²) in [6.45, 7) is 2.81. The predicted molar refractivity (Wildman–Crippen MR) is 127 cm³/mol. The third-order valence-corrected chi connectivity index (χ3v) is 6.88. The van der Waals surface area contributed by atoms with Crippen LogP contribution in [0.25, 0.3) is 21.8 Å². The summed E-state index contributed by atoms with van der Waals surface area (Å²) in [5.41, 5.74) is 4.56. The largest absolute Gasteiger partial charge is 0.497 e. The molecule has 4 nitrogen and oxygen atoms in total. The maximum absolute atomic E-state index is 6.00. The van der Waals surface area contributed by atoms with E-state index >= 15 is 0 Å². The van der Waals surface area contributed by atoms with Gasteiger partial charge in [0, 0.05) is 58.2 Å². The molecule has 0 saturated heterocycles. The Morgan fingerprint density at radius 2 is 1.94 bits per heavy atom. The highest BCUT2D eigenvalue weighted by atomic mass is 35.5.